The van der Waals surface area contributed by atoms with E-state index in [0.717, 1.165) is 17.1 Å². The van der Waals surface area contributed by atoms with Gasteiger partial charge >= 0.3 is 0 Å². The lowest BCUT2D eigenvalue weighted by Gasteiger charge is -2.22. The lowest BCUT2D eigenvalue weighted by molar-refractivity contribution is 0.179. The Morgan fingerprint density at radius 2 is 1.95 bits per heavy atom. The molecule has 0 saturated heterocycles. The van der Waals surface area contributed by atoms with Gasteiger partial charge in [0.15, 0.2) is 0 Å². The molecule has 1 aromatic heterocycles. The molecule has 4 nitrogen and oxygen atoms in total. The average Bonchev–Trinajstić information content (AvgIpc) is 2.45. The van der Waals surface area contributed by atoms with Gasteiger partial charge in [-0.15, -0.1) is 0 Å². The van der Waals surface area contributed by atoms with Crippen LogP contribution >= 0.6 is 0 Å². The van der Waals surface area contributed by atoms with E-state index in [1.807, 2.05) is 43.3 Å². The first-order chi connectivity index (χ1) is 9.20. The Morgan fingerprint density at radius 1 is 1.16 bits per heavy atom. The molecule has 0 amide bonds. The summed E-state index contributed by atoms with van der Waals surface area (Å²) in [6.45, 7) is 1.91. The van der Waals surface area contributed by atoms with Gasteiger partial charge in [0.1, 0.15) is 17.6 Å². The van der Waals surface area contributed by atoms with E-state index in [-0.39, 0.29) is 12.1 Å². The first-order valence-electron chi connectivity index (χ1n) is 6.17. The SMILES string of the molecule is COc1cccc(OC(c2cccnc2)C(C)N)c1. The molecule has 0 saturated carbocycles. The Hall–Kier alpha value is -2.07. The fourth-order valence-corrected chi connectivity index (χ4v) is 1.84. The third-order valence-electron chi connectivity index (χ3n) is 2.79. The molecular weight excluding hydrogens is 240 g/mol. The first kappa shape index (κ1) is 13.4. The second-order valence-corrected chi connectivity index (χ2v) is 4.36. The van der Waals surface area contributed by atoms with Gasteiger partial charge < -0.3 is 15.2 Å². The van der Waals surface area contributed by atoms with Crippen LogP contribution in [0.2, 0.25) is 0 Å². The summed E-state index contributed by atoms with van der Waals surface area (Å²) in [5.74, 6) is 1.48. The number of hydrogen-bond donors (Lipinski definition) is 1. The van der Waals surface area contributed by atoms with Crippen LogP contribution in [0.15, 0.2) is 48.8 Å². The molecule has 0 aliphatic carbocycles. The molecule has 1 aromatic carbocycles. The zero-order valence-corrected chi connectivity index (χ0v) is 11.1. The Bertz CT molecular complexity index is 515. The van der Waals surface area contributed by atoms with Crippen LogP contribution in [0, 0.1) is 0 Å². The lowest BCUT2D eigenvalue weighted by Crippen LogP contribution is -2.29. The molecule has 0 aliphatic rings. The zero-order chi connectivity index (χ0) is 13.7. The number of ether oxygens (including phenoxy) is 2. The maximum atomic E-state index is 6.00. The van der Waals surface area contributed by atoms with Crippen LogP contribution in [0.4, 0.5) is 0 Å². The van der Waals surface area contributed by atoms with Crippen LogP contribution in [0.1, 0.15) is 18.6 Å². The van der Waals surface area contributed by atoms with Crippen molar-refractivity contribution in [3.63, 3.8) is 0 Å². The summed E-state index contributed by atoms with van der Waals surface area (Å²) in [6.07, 6.45) is 3.27. The molecule has 2 atom stereocenters. The van der Waals surface area contributed by atoms with Crippen molar-refractivity contribution >= 4 is 0 Å². The van der Waals surface area contributed by atoms with Gasteiger partial charge in [-0.05, 0) is 25.1 Å². The van der Waals surface area contributed by atoms with Crippen molar-refractivity contribution in [2.45, 2.75) is 19.1 Å². The van der Waals surface area contributed by atoms with Crippen molar-refractivity contribution in [1.29, 1.82) is 0 Å². The van der Waals surface area contributed by atoms with E-state index >= 15 is 0 Å². The van der Waals surface area contributed by atoms with Gasteiger partial charge in [-0.1, -0.05) is 12.1 Å². The minimum absolute atomic E-state index is 0.143. The number of methoxy groups -OCH3 is 1. The quantitative estimate of drug-likeness (QED) is 0.895. The number of nitrogens with zero attached hydrogens (tertiary/aromatic N) is 1. The maximum absolute atomic E-state index is 6.00. The average molecular weight is 258 g/mol. The molecule has 2 unspecified atom stereocenters. The summed E-state index contributed by atoms with van der Waals surface area (Å²) in [4.78, 5) is 4.10. The molecule has 2 N–H and O–H groups in total. The Kier molecular flexibility index (Phi) is 4.36. The number of rotatable bonds is 5. The topological polar surface area (TPSA) is 57.4 Å². The summed E-state index contributed by atoms with van der Waals surface area (Å²) in [5.41, 5.74) is 6.96. The van der Waals surface area contributed by atoms with Gasteiger partial charge in [-0.25, -0.2) is 0 Å². The summed E-state index contributed by atoms with van der Waals surface area (Å²) < 4.78 is 11.1. The normalized spacial score (nSPS) is 13.6. The van der Waals surface area contributed by atoms with E-state index in [1.165, 1.54) is 0 Å². The molecule has 0 spiro atoms. The van der Waals surface area contributed by atoms with Crippen LogP contribution in [0.25, 0.3) is 0 Å². The predicted molar refractivity (Wildman–Crippen MR) is 74.2 cm³/mol. The van der Waals surface area contributed by atoms with E-state index in [2.05, 4.69) is 4.98 Å². The third kappa shape index (κ3) is 3.45. The molecule has 0 radical (unpaired) electrons. The van der Waals surface area contributed by atoms with Crippen LogP contribution in [0.3, 0.4) is 0 Å². The molecule has 0 fully saturated rings. The van der Waals surface area contributed by atoms with Crippen LogP contribution in [-0.2, 0) is 0 Å². The number of pyridine rings is 1. The van der Waals surface area contributed by atoms with Crippen molar-refractivity contribution in [1.82, 2.24) is 4.98 Å². The Morgan fingerprint density at radius 3 is 2.58 bits per heavy atom. The summed E-state index contributed by atoms with van der Waals surface area (Å²) in [7, 11) is 1.63. The predicted octanol–water partition coefficient (Wildman–Crippen LogP) is 2.56. The Labute approximate surface area is 113 Å². The number of benzene rings is 1. The monoisotopic (exact) mass is 258 g/mol. The third-order valence-corrected chi connectivity index (χ3v) is 2.79. The molecule has 0 bridgehead atoms. The van der Waals surface area contributed by atoms with Crippen molar-refractivity contribution in [3.05, 3.63) is 54.4 Å². The van der Waals surface area contributed by atoms with Crippen molar-refractivity contribution in [2.24, 2.45) is 5.73 Å². The van der Waals surface area contributed by atoms with Gasteiger partial charge in [0.2, 0.25) is 0 Å². The fraction of sp³-hybridized carbons (Fsp3) is 0.267. The van der Waals surface area contributed by atoms with Gasteiger partial charge in [-0.3, -0.25) is 4.98 Å². The minimum atomic E-state index is -0.235. The maximum Gasteiger partial charge on any atom is 0.140 e. The van der Waals surface area contributed by atoms with Crippen LogP contribution in [0.5, 0.6) is 11.5 Å². The van der Waals surface area contributed by atoms with Gasteiger partial charge in [0.25, 0.3) is 0 Å². The molecule has 100 valence electrons. The molecule has 4 heteroatoms. The molecular formula is C15H18N2O2. The largest absolute Gasteiger partial charge is 0.497 e. The number of nitrogens with two attached hydrogens (primary N) is 1. The highest BCUT2D eigenvalue weighted by atomic mass is 16.5. The van der Waals surface area contributed by atoms with E-state index < -0.39 is 0 Å². The van der Waals surface area contributed by atoms with Crippen molar-refractivity contribution in [2.75, 3.05) is 7.11 Å². The highest BCUT2D eigenvalue weighted by molar-refractivity contribution is 5.33. The van der Waals surface area contributed by atoms with E-state index in [4.69, 9.17) is 15.2 Å². The Balaban J connectivity index is 2.21. The summed E-state index contributed by atoms with van der Waals surface area (Å²) in [6, 6.07) is 11.2. The van der Waals surface area contributed by atoms with E-state index in [0.29, 0.717) is 0 Å². The van der Waals surface area contributed by atoms with Gasteiger partial charge in [0, 0.05) is 30.1 Å². The number of aromatic nitrogens is 1. The standard InChI is InChI=1S/C15H18N2O2/c1-11(16)15(12-5-4-8-17-10-12)19-14-7-3-6-13(9-14)18-2/h3-11,15H,16H2,1-2H3. The van der Waals surface area contributed by atoms with E-state index in [9.17, 15) is 0 Å². The molecule has 1 heterocycles. The highest BCUT2D eigenvalue weighted by Crippen LogP contribution is 2.26. The minimum Gasteiger partial charge on any atom is -0.497 e. The molecule has 2 aromatic rings. The highest BCUT2D eigenvalue weighted by Gasteiger charge is 2.18. The zero-order valence-electron chi connectivity index (χ0n) is 11.1. The second kappa shape index (κ2) is 6.20. The van der Waals surface area contributed by atoms with Crippen LogP contribution < -0.4 is 15.2 Å². The summed E-state index contributed by atoms with van der Waals surface area (Å²) >= 11 is 0. The number of hydrogen-bond acceptors (Lipinski definition) is 4. The lowest BCUT2D eigenvalue weighted by atomic mass is 10.1. The van der Waals surface area contributed by atoms with Crippen molar-refractivity contribution in [3.8, 4) is 11.5 Å². The van der Waals surface area contributed by atoms with Gasteiger partial charge in [0.05, 0.1) is 7.11 Å². The van der Waals surface area contributed by atoms with Gasteiger partial charge in [-0.2, -0.15) is 0 Å². The second-order valence-electron chi connectivity index (χ2n) is 4.36. The molecule has 2 rings (SSSR count). The molecule has 0 aliphatic heterocycles. The smallest absolute Gasteiger partial charge is 0.140 e. The summed E-state index contributed by atoms with van der Waals surface area (Å²) in [5, 5.41) is 0. The van der Waals surface area contributed by atoms with Crippen LogP contribution in [-0.4, -0.2) is 18.1 Å². The molecule has 19 heavy (non-hydrogen) atoms. The van der Waals surface area contributed by atoms with Crippen molar-refractivity contribution < 1.29 is 9.47 Å². The van der Waals surface area contributed by atoms with E-state index in [1.54, 1.807) is 19.5 Å². The first-order valence-corrected chi connectivity index (χ1v) is 6.17. The fourth-order valence-electron chi connectivity index (χ4n) is 1.84.